The van der Waals surface area contributed by atoms with E-state index >= 15 is 0 Å². The standard InChI is InChI=1S/C9H9F2NO/c1-6(12-13)4-7-2-3-8(10)5-9(7)11/h2-3,5,13H,4H2,1H3. The number of benzene rings is 1. The molecule has 13 heavy (non-hydrogen) atoms. The van der Waals surface area contributed by atoms with Crippen molar-refractivity contribution in [3.05, 3.63) is 35.4 Å². The Kier molecular flexibility index (Phi) is 2.95. The third kappa shape index (κ3) is 2.50. The smallest absolute Gasteiger partial charge is 0.129 e. The Morgan fingerprint density at radius 1 is 1.46 bits per heavy atom. The van der Waals surface area contributed by atoms with Crippen LogP contribution in [0.25, 0.3) is 0 Å². The van der Waals surface area contributed by atoms with E-state index in [4.69, 9.17) is 5.21 Å². The second kappa shape index (κ2) is 3.98. The summed E-state index contributed by atoms with van der Waals surface area (Å²) in [6.07, 6.45) is 0.183. The first-order valence-electron chi connectivity index (χ1n) is 3.75. The minimum absolute atomic E-state index is 0.183. The van der Waals surface area contributed by atoms with E-state index in [1.54, 1.807) is 6.92 Å². The van der Waals surface area contributed by atoms with Gasteiger partial charge in [-0.2, -0.15) is 0 Å². The molecule has 1 aromatic carbocycles. The molecule has 0 unspecified atom stereocenters. The number of hydrogen-bond donors (Lipinski definition) is 1. The molecule has 2 nitrogen and oxygen atoms in total. The third-order valence-corrected chi connectivity index (χ3v) is 1.63. The molecule has 0 fully saturated rings. The molecule has 1 rings (SSSR count). The van der Waals surface area contributed by atoms with Crippen LogP contribution in [0.3, 0.4) is 0 Å². The lowest BCUT2D eigenvalue weighted by Crippen LogP contribution is -2.00. The van der Waals surface area contributed by atoms with Crippen LogP contribution in [-0.2, 0) is 6.42 Å². The van der Waals surface area contributed by atoms with Gasteiger partial charge in [-0.25, -0.2) is 8.78 Å². The Hall–Kier alpha value is -1.45. The summed E-state index contributed by atoms with van der Waals surface area (Å²) in [6, 6.07) is 3.31. The number of hydrogen-bond acceptors (Lipinski definition) is 2. The molecule has 0 bridgehead atoms. The van der Waals surface area contributed by atoms with E-state index in [9.17, 15) is 8.78 Å². The van der Waals surface area contributed by atoms with E-state index in [1.165, 1.54) is 12.1 Å². The predicted octanol–water partition coefficient (Wildman–Crippen LogP) is 2.36. The molecular weight excluding hydrogens is 176 g/mol. The molecule has 0 aliphatic heterocycles. The van der Waals surface area contributed by atoms with E-state index < -0.39 is 11.6 Å². The Morgan fingerprint density at radius 2 is 2.15 bits per heavy atom. The van der Waals surface area contributed by atoms with Crippen LogP contribution in [-0.4, -0.2) is 10.9 Å². The van der Waals surface area contributed by atoms with Gasteiger partial charge in [0.05, 0.1) is 5.71 Å². The molecule has 0 saturated heterocycles. The number of rotatable bonds is 2. The highest BCUT2D eigenvalue weighted by Crippen LogP contribution is 2.10. The van der Waals surface area contributed by atoms with Gasteiger partial charge in [0.1, 0.15) is 11.6 Å². The van der Waals surface area contributed by atoms with Gasteiger partial charge < -0.3 is 5.21 Å². The fraction of sp³-hybridized carbons (Fsp3) is 0.222. The fourth-order valence-electron chi connectivity index (χ4n) is 0.976. The molecule has 0 radical (unpaired) electrons. The molecule has 0 aliphatic rings. The van der Waals surface area contributed by atoms with Gasteiger partial charge in [-0.3, -0.25) is 0 Å². The molecule has 0 saturated carbocycles. The SMILES string of the molecule is CC(Cc1ccc(F)cc1F)=NO. The van der Waals surface area contributed by atoms with E-state index in [0.29, 0.717) is 11.3 Å². The zero-order chi connectivity index (χ0) is 9.84. The molecule has 1 N–H and O–H groups in total. The van der Waals surface area contributed by atoms with Crippen molar-refractivity contribution >= 4 is 5.71 Å². The highest BCUT2D eigenvalue weighted by molar-refractivity contribution is 5.83. The molecule has 0 amide bonds. The van der Waals surface area contributed by atoms with Crippen molar-refractivity contribution in [2.24, 2.45) is 5.16 Å². The van der Waals surface area contributed by atoms with Crippen molar-refractivity contribution in [3.8, 4) is 0 Å². The van der Waals surface area contributed by atoms with Gasteiger partial charge >= 0.3 is 0 Å². The fourth-order valence-corrected chi connectivity index (χ4v) is 0.976. The van der Waals surface area contributed by atoms with Gasteiger partial charge in [0.2, 0.25) is 0 Å². The summed E-state index contributed by atoms with van der Waals surface area (Å²) in [4.78, 5) is 0. The first-order chi connectivity index (χ1) is 6.13. The summed E-state index contributed by atoms with van der Waals surface area (Å²) in [7, 11) is 0. The summed E-state index contributed by atoms with van der Waals surface area (Å²) >= 11 is 0. The molecule has 0 aliphatic carbocycles. The quantitative estimate of drug-likeness (QED) is 0.428. The van der Waals surface area contributed by atoms with Gasteiger partial charge in [-0.1, -0.05) is 11.2 Å². The van der Waals surface area contributed by atoms with Crippen molar-refractivity contribution in [2.45, 2.75) is 13.3 Å². The number of nitrogens with zero attached hydrogens (tertiary/aromatic N) is 1. The van der Waals surface area contributed by atoms with Gasteiger partial charge in [0, 0.05) is 12.5 Å². The van der Waals surface area contributed by atoms with Crippen LogP contribution in [0.15, 0.2) is 23.4 Å². The predicted molar refractivity (Wildman–Crippen MR) is 45.0 cm³/mol. The molecule has 1 aromatic rings. The van der Waals surface area contributed by atoms with E-state index in [0.717, 1.165) is 6.07 Å². The second-order valence-electron chi connectivity index (χ2n) is 2.75. The van der Waals surface area contributed by atoms with Crippen molar-refractivity contribution in [1.29, 1.82) is 0 Å². The van der Waals surface area contributed by atoms with E-state index in [-0.39, 0.29) is 6.42 Å². The van der Waals surface area contributed by atoms with E-state index in [2.05, 4.69) is 5.16 Å². The summed E-state index contributed by atoms with van der Waals surface area (Å²) in [5.74, 6) is -1.23. The minimum atomic E-state index is -0.622. The topological polar surface area (TPSA) is 32.6 Å². The maximum atomic E-state index is 13.0. The van der Waals surface area contributed by atoms with Crippen molar-refractivity contribution in [3.63, 3.8) is 0 Å². The van der Waals surface area contributed by atoms with Crippen LogP contribution >= 0.6 is 0 Å². The Bertz CT molecular complexity index is 336. The Labute approximate surface area is 74.5 Å². The van der Waals surface area contributed by atoms with Crippen LogP contribution in [0.1, 0.15) is 12.5 Å². The average Bonchev–Trinajstić information content (AvgIpc) is 2.09. The molecule has 0 heterocycles. The summed E-state index contributed by atoms with van der Waals surface area (Å²) in [6.45, 7) is 1.56. The number of halogens is 2. The monoisotopic (exact) mass is 185 g/mol. The van der Waals surface area contributed by atoms with Gasteiger partial charge in [-0.05, 0) is 18.6 Å². The van der Waals surface area contributed by atoms with Crippen LogP contribution in [0.5, 0.6) is 0 Å². The highest BCUT2D eigenvalue weighted by Gasteiger charge is 2.04. The zero-order valence-electron chi connectivity index (χ0n) is 7.09. The average molecular weight is 185 g/mol. The van der Waals surface area contributed by atoms with E-state index in [1.807, 2.05) is 0 Å². The summed E-state index contributed by atoms with van der Waals surface area (Å²) in [5, 5.41) is 11.2. The second-order valence-corrected chi connectivity index (χ2v) is 2.75. The lowest BCUT2D eigenvalue weighted by Gasteiger charge is -2.01. The van der Waals surface area contributed by atoms with Gasteiger partial charge in [0.15, 0.2) is 0 Å². The molecule has 0 aromatic heterocycles. The lowest BCUT2D eigenvalue weighted by molar-refractivity contribution is 0.317. The van der Waals surface area contributed by atoms with Crippen LogP contribution in [0.2, 0.25) is 0 Å². The van der Waals surface area contributed by atoms with Crippen molar-refractivity contribution in [2.75, 3.05) is 0 Å². The largest absolute Gasteiger partial charge is 0.411 e. The maximum Gasteiger partial charge on any atom is 0.129 e. The summed E-state index contributed by atoms with van der Waals surface area (Å²) in [5.41, 5.74) is 0.696. The molecule has 4 heteroatoms. The van der Waals surface area contributed by atoms with Crippen LogP contribution in [0.4, 0.5) is 8.78 Å². The minimum Gasteiger partial charge on any atom is -0.411 e. The normalized spacial score (nSPS) is 11.8. The van der Waals surface area contributed by atoms with Gasteiger partial charge in [0.25, 0.3) is 0 Å². The molecule has 70 valence electrons. The molecule has 0 spiro atoms. The maximum absolute atomic E-state index is 13.0. The lowest BCUT2D eigenvalue weighted by atomic mass is 10.1. The highest BCUT2D eigenvalue weighted by atomic mass is 19.1. The van der Waals surface area contributed by atoms with Gasteiger partial charge in [-0.15, -0.1) is 0 Å². The molecular formula is C9H9F2NO. The van der Waals surface area contributed by atoms with Crippen LogP contribution in [0, 0.1) is 11.6 Å². The first-order valence-corrected chi connectivity index (χ1v) is 3.75. The Morgan fingerprint density at radius 3 is 2.69 bits per heavy atom. The van der Waals surface area contributed by atoms with Crippen molar-refractivity contribution < 1.29 is 14.0 Å². The third-order valence-electron chi connectivity index (χ3n) is 1.63. The number of oxime groups is 1. The van der Waals surface area contributed by atoms with Crippen LogP contribution < -0.4 is 0 Å². The zero-order valence-corrected chi connectivity index (χ0v) is 7.09. The van der Waals surface area contributed by atoms with Crippen molar-refractivity contribution in [1.82, 2.24) is 0 Å². The molecule has 0 atom stereocenters. The summed E-state index contributed by atoms with van der Waals surface area (Å²) < 4.78 is 25.4. The Balaban J connectivity index is 2.90. The first kappa shape index (κ1) is 9.64.